The van der Waals surface area contributed by atoms with E-state index in [9.17, 15) is 57.9 Å². The van der Waals surface area contributed by atoms with Crippen LogP contribution < -0.4 is 16.4 Å². The van der Waals surface area contributed by atoms with Crippen LogP contribution in [0.4, 0.5) is 5.82 Å². The van der Waals surface area contributed by atoms with Gasteiger partial charge in [0.2, 0.25) is 11.8 Å². The van der Waals surface area contributed by atoms with E-state index in [1.54, 1.807) is 0 Å². The molecule has 2 aromatic rings. The van der Waals surface area contributed by atoms with Gasteiger partial charge in [-0.05, 0) is 6.42 Å². The fourth-order valence-corrected chi connectivity index (χ4v) is 8.44. The van der Waals surface area contributed by atoms with Crippen LogP contribution in [0.25, 0.3) is 11.2 Å². The van der Waals surface area contributed by atoms with Gasteiger partial charge in [0.1, 0.15) is 36.3 Å². The van der Waals surface area contributed by atoms with E-state index in [1.165, 1.54) is 13.8 Å². The molecular formula is C27H46Li3N7O17P3S. The number of nitrogens with two attached hydrogens (primary N) is 1. The summed E-state index contributed by atoms with van der Waals surface area (Å²) in [6.07, 6.45) is -3.63. The largest absolute Gasteiger partial charge is 0.481 e. The number of hydrogen-bond acceptors (Lipinski definition) is 18. The van der Waals surface area contributed by atoms with Crippen molar-refractivity contribution >= 4 is 126 Å². The second-order valence-corrected chi connectivity index (χ2v) is 18.1. The number of aliphatic hydroxyl groups excluding tert-OH is 2. The van der Waals surface area contributed by atoms with E-state index >= 15 is 0 Å². The molecule has 7 atom stereocenters. The van der Waals surface area contributed by atoms with E-state index in [0.29, 0.717) is 12.2 Å². The predicted octanol–water partition coefficient (Wildman–Crippen LogP) is -0.897. The summed E-state index contributed by atoms with van der Waals surface area (Å²) in [5.74, 6) is -1.04. The molecular weight excluding hydrogens is 840 g/mol. The van der Waals surface area contributed by atoms with Gasteiger partial charge in [0.15, 0.2) is 22.8 Å². The molecule has 0 spiro atoms. The number of hydrogen-bond donors (Lipinski definition) is 9. The Hall–Kier alpha value is -0.648. The van der Waals surface area contributed by atoms with E-state index in [2.05, 4.69) is 34.4 Å². The molecule has 3 radical (unpaired) electrons. The molecule has 3 rings (SSSR count). The summed E-state index contributed by atoms with van der Waals surface area (Å²) in [5, 5.41) is 26.4. The third kappa shape index (κ3) is 18.4. The Kier molecular flexibility index (Phi) is 25.2. The van der Waals surface area contributed by atoms with Crippen LogP contribution >= 0.6 is 35.2 Å². The summed E-state index contributed by atoms with van der Waals surface area (Å²) in [6, 6.07) is 0. The number of thioether (sulfide) groups is 1. The Morgan fingerprint density at radius 1 is 1.00 bits per heavy atom. The Labute approximate surface area is 373 Å². The Bertz CT molecular complexity index is 1800. The number of amides is 2. The van der Waals surface area contributed by atoms with Crippen LogP contribution in [0, 0.1) is 5.41 Å². The van der Waals surface area contributed by atoms with Gasteiger partial charge in [0, 0.05) is 93.7 Å². The van der Waals surface area contributed by atoms with Crippen molar-refractivity contribution in [3.05, 3.63) is 12.7 Å². The SMILES string of the molecule is CCCCCC(=O)SCCNC(=O)CCNC(=O)[C@H](O)C(C)(C)COP(=O)(O)OP(=O)(O)OC[C@H]1O[C@@H](n2cnc3c(N)ncnc32)[C@H](O)[C@@H]1OP(=O)(O)O.[Li].[Li].[Li]. The van der Waals surface area contributed by atoms with Crippen molar-refractivity contribution in [3.63, 3.8) is 0 Å². The zero-order valence-corrected chi connectivity index (χ0v) is 36.4. The van der Waals surface area contributed by atoms with Crippen molar-refractivity contribution in [2.75, 3.05) is 37.8 Å². The van der Waals surface area contributed by atoms with Gasteiger partial charge in [-0.3, -0.25) is 32.5 Å². The molecule has 1 aliphatic heterocycles. The molecule has 0 bridgehead atoms. The van der Waals surface area contributed by atoms with Crippen molar-refractivity contribution in [2.24, 2.45) is 5.41 Å². The molecule has 31 heteroatoms. The van der Waals surface area contributed by atoms with Crippen molar-refractivity contribution in [1.82, 2.24) is 30.2 Å². The molecule has 0 aromatic carbocycles. The monoisotopic (exact) mass is 886 g/mol. The van der Waals surface area contributed by atoms with Gasteiger partial charge in [-0.2, -0.15) is 4.31 Å². The quantitative estimate of drug-likeness (QED) is 0.0371. The minimum atomic E-state index is -5.56. The Balaban J connectivity index is 0.0000108. The van der Waals surface area contributed by atoms with Gasteiger partial charge >= 0.3 is 23.5 Å². The second kappa shape index (κ2) is 25.5. The first kappa shape index (κ1) is 57.4. The number of phosphoric acid groups is 3. The summed E-state index contributed by atoms with van der Waals surface area (Å²) in [4.78, 5) is 87.3. The second-order valence-electron chi connectivity index (χ2n) is 12.7. The minimum Gasteiger partial charge on any atom is -0.386 e. The van der Waals surface area contributed by atoms with Crippen LogP contribution in [0.2, 0.25) is 0 Å². The molecule has 2 aromatic heterocycles. The maximum absolute atomic E-state index is 12.7. The average molecular weight is 887 g/mol. The maximum atomic E-state index is 12.7. The summed E-state index contributed by atoms with van der Waals surface area (Å²) < 4.78 is 62.1. The van der Waals surface area contributed by atoms with Crippen LogP contribution in [-0.2, 0) is 50.7 Å². The number of aliphatic hydroxyl groups is 2. The van der Waals surface area contributed by atoms with Gasteiger partial charge in [-0.1, -0.05) is 45.4 Å². The number of imidazole rings is 1. The number of rotatable bonds is 23. The number of unbranched alkanes of at least 4 members (excludes halogenated alkanes) is 2. The molecule has 10 N–H and O–H groups in total. The van der Waals surface area contributed by atoms with Crippen LogP contribution in [0.15, 0.2) is 12.7 Å². The number of nitrogens with zero attached hydrogens (tertiary/aromatic N) is 4. The van der Waals surface area contributed by atoms with E-state index in [-0.39, 0.29) is 98.2 Å². The van der Waals surface area contributed by atoms with Gasteiger partial charge < -0.3 is 50.9 Å². The summed E-state index contributed by atoms with van der Waals surface area (Å²) in [7, 11) is -16.4. The number of aromatic nitrogens is 4. The number of nitrogen functional groups attached to an aromatic ring is 1. The average Bonchev–Trinajstić information content (AvgIpc) is 3.64. The van der Waals surface area contributed by atoms with E-state index < -0.39 is 84.6 Å². The van der Waals surface area contributed by atoms with Crippen LogP contribution in [-0.4, -0.2) is 179 Å². The fraction of sp³-hybridized carbons (Fsp3) is 0.704. The molecule has 1 fully saturated rings. The molecule has 58 heavy (non-hydrogen) atoms. The molecule has 24 nitrogen and oxygen atoms in total. The third-order valence-corrected chi connectivity index (χ3v) is 11.8. The zero-order valence-electron chi connectivity index (χ0n) is 32.9. The number of carbonyl (C=O) groups is 3. The number of carbonyl (C=O) groups excluding carboxylic acids is 3. The van der Waals surface area contributed by atoms with Crippen molar-refractivity contribution in [1.29, 1.82) is 0 Å². The van der Waals surface area contributed by atoms with Gasteiger partial charge in [-0.25, -0.2) is 28.6 Å². The Morgan fingerprint density at radius 3 is 2.29 bits per heavy atom. The topological polar surface area (TPSA) is 364 Å². The molecule has 315 valence electrons. The molecule has 0 saturated carbocycles. The van der Waals surface area contributed by atoms with Crippen LogP contribution in [0.5, 0.6) is 0 Å². The standard InChI is InChI=1S/C27H46N7O17P3S.3Li/c1-4-5-6-7-18(36)55-11-10-29-17(35)8-9-30-25(39)22(38)27(2,3)13-48-54(45,46)51-53(43,44)47-12-16-21(50-52(40,41)42)20(37)26(49-16)34-15-33-19-23(28)31-14-32-24(19)34;;;/h14-16,20-22,26,37-38H,4-13H2,1-3H3,(H,29,35)(H,30,39)(H,43,44)(H,45,46)(H2,28,31,32)(H2,40,41,42);;;/t16-,20-,21-,22+,26-;;;/m1.../s1. The smallest absolute Gasteiger partial charge is 0.386 e. The first-order chi connectivity index (χ1) is 25.6. The van der Waals surface area contributed by atoms with Crippen LogP contribution in [0.1, 0.15) is 59.1 Å². The molecule has 1 aliphatic rings. The summed E-state index contributed by atoms with van der Waals surface area (Å²) >= 11 is 1.12. The number of fused-ring (bicyclic) bond motifs is 1. The van der Waals surface area contributed by atoms with Crippen molar-refractivity contribution < 1.29 is 80.5 Å². The molecule has 1 saturated heterocycles. The normalized spacial score (nSPS) is 20.7. The fourth-order valence-electron chi connectivity index (χ4n) is 4.89. The molecule has 2 amide bonds. The molecule has 0 aliphatic carbocycles. The first-order valence-corrected chi connectivity index (χ1v) is 22.1. The first-order valence-electron chi connectivity index (χ1n) is 16.6. The van der Waals surface area contributed by atoms with E-state index in [1.807, 2.05) is 6.92 Å². The number of phosphoric ester groups is 3. The summed E-state index contributed by atoms with van der Waals surface area (Å²) in [6.45, 7) is 2.59. The predicted molar refractivity (Wildman–Crippen MR) is 209 cm³/mol. The van der Waals surface area contributed by atoms with Crippen LogP contribution in [0.3, 0.4) is 0 Å². The Morgan fingerprint density at radius 2 is 1.66 bits per heavy atom. The molecule has 2 unspecified atom stereocenters. The van der Waals surface area contributed by atoms with Gasteiger partial charge in [0.05, 0.1) is 19.5 Å². The minimum absolute atomic E-state index is 0. The zero-order chi connectivity index (χ0) is 41.2. The van der Waals surface area contributed by atoms with E-state index in [0.717, 1.165) is 48.2 Å². The molecule has 3 heterocycles. The van der Waals surface area contributed by atoms with Crippen molar-refractivity contribution in [3.8, 4) is 0 Å². The number of anilines is 1. The maximum Gasteiger partial charge on any atom is 0.481 e. The van der Waals surface area contributed by atoms with Gasteiger partial charge in [0.25, 0.3) is 0 Å². The van der Waals surface area contributed by atoms with Gasteiger partial charge in [-0.15, -0.1) is 0 Å². The third-order valence-electron chi connectivity index (χ3n) is 7.75. The number of nitrogens with one attached hydrogen (secondary N) is 2. The number of ether oxygens (including phenoxy) is 1. The summed E-state index contributed by atoms with van der Waals surface area (Å²) in [5.41, 5.74) is 4.27. The van der Waals surface area contributed by atoms with E-state index in [4.69, 9.17) is 19.5 Å². The van der Waals surface area contributed by atoms with Crippen molar-refractivity contribution in [2.45, 2.75) is 83.5 Å².